The zero-order valence-electron chi connectivity index (χ0n) is 10.6. The van der Waals surface area contributed by atoms with Gasteiger partial charge in [0.2, 0.25) is 11.7 Å². The van der Waals surface area contributed by atoms with Gasteiger partial charge in [0.1, 0.15) is 0 Å². The second-order valence-electron chi connectivity index (χ2n) is 4.08. The first-order chi connectivity index (χ1) is 9.86. The highest BCUT2D eigenvalue weighted by Gasteiger charge is 2.09. The van der Waals surface area contributed by atoms with Gasteiger partial charge in [0.25, 0.3) is 0 Å². The zero-order chi connectivity index (χ0) is 13.8. The molecule has 0 aliphatic rings. The van der Waals surface area contributed by atoms with E-state index in [0.29, 0.717) is 24.8 Å². The van der Waals surface area contributed by atoms with E-state index in [9.17, 15) is 0 Å². The van der Waals surface area contributed by atoms with Gasteiger partial charge in [-0.15, -0.1) is 6.42 Å². The minimum absolute atomic E-state index is 0.449. The van der Waals surface area contributed by atoms with E-state index in [1.54, 1.807) is 12.4 Å². The summed E-state index contributed by atoms with van der Waals surface area (Å²) in [6, 6.07) is 5.65. The number of fused-ring (bicyclic) bond motifs is 1. The molecule has 0 radical (unpaired) electrons. The van der Waals surface area contributed by atoms with Gasteiger partial charge in [-0.1, -0.05) is 11.1 Å². The first-order valence-electron chi connectivity index (χ1n) is 6.05. The number of nitrogens with one attached hydrogen (secondary N) is 1. The standard InChI is InChI=1S/C14H11N5O/c1-2-5-15-9-13-18-14(19-20-13)10-3-4-11-12(8-10)17-7-6-16-11/h1,3-4,6-8,15H,5,9H2. The molecular formula is C14H11N5O. The summed E-state index contributed by atoms with van der Waals surface area (Å²) in [7, 11) is 0. The molecule has 0 bridgehead atoms. The van der Waals surface area contributed by atoms with Crippen molar-refractivity contribution in [3.05, 3.63) is 36.5 Å². The largest absolute Gasteiger partial charge is 0.338 e. The van der Waals surface area contributed by atoms with Gasteiger partial charge in [-0.05, 0) is 18.2 Å². The lowest BCUT2D eigenvalue weighted by Gasteiger charge is -1.97. The van der Waals surface area contributed by atoms with Gasteiger partial charge < -0.3 is 4.52 Å². The molecule has 2 aromatic heterocycles. The number of nitrogens with zero attached hydrogens (tertiary/aromatic N) is 4. The number of benzene rings is 1. The highest BCUT2D eigenvalue weighted by Crippen LogP contribution is 2.19. The van der Waals surface area contributed by atoms with Crippen LogP contribution in [0.3, 0.4) is 0 Å². The molecule has 0 aliphatic carbocycles. The molecule has 20 heavy (non-hydrogen) atoms. The Morgan fingerprint density at radius 3 is 2.90 bits per heavy atom. The van der Waals surface area contributed by atoms with Crippen molar-refractivity contribution in [1.29, 1.82) is 0 Å². The van der Waals surface area contributed by atoms with E-state index in [0.717, 1.165) is 16.6 Å². The van der Waals surface area contributed by atoms with Crippen molar-refractivity contribution in [2.75, 3.05) is 6.54 Å². The van der Waals surface area contributed by atoms with E-state index in [1.165, 1.54) is 0 Å². The van der Waals surface area contributed by atoms with Crippen LogP contribution in [0.25, 0.3) is 22.4 Å². The third-order valence-corrected chi connectivity index (χ3v) is 2.70. The molecule has 3 rings (SSSR count). The average Bonchev–Trinajstić information content (AvgIpc) is 2.96. The molecule has 3 aromatic rings. The summed E-state index contributed by atoms with van der Waals surface area (Å²) < 4.78 is 5.15. The highest BCUT2D eigenvalue weighted by molar-refractivity contribution is 5.79. The van der Waals surface area contributed by atoms with E-state index in [1.807, 2.05) is 18.2 Å². The van der Waals surface area contributed by atoms with E-state index < -0.39 is 0 Å². The predicted octanol–water partition coefficient (Wildman–Crippen LogP) is 1.40. The van der Waals surface area contributed by atoms with E-state index in [2.05, 4.69) is 31.3 Å². The lowest BCUT2D eigenvalue weighted by Crippen LogP contribution is -2.13. The molecule has 0 spiro atoms. The van der Waals surface area contributed by atoms with Crippen LogP contribution in [-0.4, -0.2) is 26.7 Å². The predicted molar refractivity (Wildman–Crippen MR) is 73.4 cm³/mol. The fourth-order valence-electron chi connectivity index (χ4n) is 1.79. The van der Waals surface area contributed by atoms with Crippen molar-refractivity contribution in [3.63, 3.8) is 0 Å². The van der Waals surface area contributed by atoms with Gasteiger partial charge in [-0.3, -0.25) is 15.3 Å². The molecule has 1 aromatic carbocycles. The van der Waals surface area contributed by atoms with Crippen molar-refractivity contribution < 1.29 is 4.52 Å². The zero-order valence-corrected chi connectivity index (χ0v) is 10.6. The maximum absolute atomic E-state index is 5.15. The Balaban J connectivity index is 1.85. The Hall–Kier alpha value is -2.78. The van der Waals surface area contributed by atoms with Crippen LogP contribution in [0.15, 0.2) is 35.1 Å². The third kappa shape index (κ3) is 2.48. The van der Waals surface area contributed by atoms with Crippen molar-refractivity contribution in [1.82, 2.24) is 25.4 Å². The Bertz CT molecular complexity index is 774. The fraction of sp³-hybridized carbons (Fsp3) is 0.143. The lowest BCUT2D eigenvalue weighted by atomic mass is 10.2. The van der Waals surface area contributed by atoms with Crippen LogP contribution >= 0.6 is 0 Å². The summed E-state index contributed by atoms with van der Waals surface area (Å²) in [5.41, 5.74) is 2.46. The first-order valence-corrected chi connectivity index (χ1v) is 6.05. The van der Waals surface area contributed by atoms with Crippen LogP contribution in [-0.2, 0) is 6.54 Å². The minimum Gasteiger partial charge on any atom is -0.338 e. The number of hydrogen-bond donors (Lipinski definition) is 1. The van der Waals surface area contributed by atoms with Gasteiger partial charge >= 0.3 is 0 Å². The smallest absolute Gasteiger partial charge is 0.240 e. The number of rotatable bonds is 4. The van der Waals surface area contributed by atoms with Crippen molar-refractivity contribution in [2.24, 2.45) is 0 Å². The van der Waals surface area contributed by atoms with Crippen LogP contribution in [0.4, 0.5) is 0 Å². The van der Waals surface area contributed by atoms with Gasteiger partial charge in [-0.25, -0.2) is 0 Å². The quantitative estimate of drug-likeness (QED) is 0.567. The SMILES string of the molecule is C#CCNCc1nc(-c2ccc3nccnc3c2)no1. The molecule has 0 fully saturated rings. The Labute approximate surface area is 115 Å². The van der Waals surface area contributed by atoms with Crippen LogP contribution in [0.2, 0.25) is 0 Å². The molecule has 0 saturated carbocycles. The molecule has 0 saturated heterocycles. The maximum atomic E-state index is 5.15. The minimum atomic E-state index is 0.449. The molecular weight excluding hydrogens is 254 g/mol. The third-order valence-electron chi connectivity index (χ3n) is 2.70. The molecule has 98 valence electrons. The summed E-state index contributed by atoms with van der Waals surface area (Å²) in [5, 5.41) is 6.94. The Kier molecular flexibility index (Phi) is 3.35. The highest BCUT2D eigenvalue weighted by atomic mass is 16.5. The summed E-state index contributed by atoms with van der Waals surface area (Å²) in [6.45, 7) is 0.911. The normalized spacial score (nSPS) is 10.6. The van der Waals surface area contributed by atoms with E-state index in [4.69, 9.17) is 10.9 Å². The number of terminal acetylenes is 1. The van der Waals surface area contributed by atoms with E-state index in [-0.39, 0.29) is 0 Å². The Morgan fingerprint density at radius 2 is 2.05 bits per heavy atom. The second kappa shape index (κ2) is 5.47. The van der Waals surface area contributed by atoms with Gasteiger partial charge in [0, 0.05) is 18.0 Å². The Morgan fingerprint density at radius 1 is 1.20 bits per heavy atom. The molecule has 0 amide bonds. The molecule has 0 atom stereocenters. The van der Waals surface area contributed by atoms with Crippen LogP contribution in [0.5, 0.6) is 0 Å². The lowest BCUT2D eigenvalue weighted by molar-refractivity contribution is 0.370. The molecule has 0 aliphatic heterocycles. The molecule has 6 nitrogen and oxygen atoms in total. The first kappa shape index (κ1) is 12.3. The summed E-state index contributed by atoms with van der Waals surface area (Å²) in [4.78, 5) is 12.8. The monoisotopic (exact) mass is 265 g/mol. The van der Waals surface area contributed by atoms with E-state index >= 15 is 0 Å². The summed E-state index contributed by atoms with van der Waals surface area (Å²) in [5.74, 6) is 3.50. The fourth-order valence-corrected chi connectivity index (χ4v) is 1.79. The van der Waals surface area contributed by atoms with Gasteiger partial charge in [0.05, 0.1) is 24.1 Å². The van der Waals surface area contributed by atoms with Crippen molar-refractivity contribution in [3.8, 4) is 23.7 Å². The molecule has 0 unspecified atom stereocenters. The second-order valence-corrected chi connectivity index (χ2v) is 4.08. The van der Waals surface area contributed by atoms with Crippen molar-refractivity contribution in [2.45, 2.75) is 6.54 Å². The topological polar surface area (TPSA) is 76.7 Å². The van der Waals surface area contributed by atoms with Crippen molar-refractivity contribution >= 4 is 11.0 Å². The van der Waals surface area contributed by atoms with Gasteiger partial charge in [0.15, 0.2) is 0 Å². The van der Waals surface area contributed by atoms with Gasteiger partial charge in [-0.2, -0.15) is 4.98 Å². The average molecular weight is 265 g/mol. The van der Waals surface area contributed by atoms with Crippen LogP contribution in [0.1, 0.15) is 5.89 Å². The molecule has 1 N–H and O–H groups in total. The summed E-state index contributed by atoms with van der Waals surface area (Å²) >= 11 is 0. The van der Waals surface area contributed by atoms with Crippen LogP contribution < -0.4 is 5.32 Å². The number of hydrogen-bond acceptors (Lipinski definition) is 6. The maximum Gasteiger partial charge on any atom is 0.240 e. The molecule has 6 heteroatoms. The number of aromatic nitrogens is 4. The summed E-state index contributed by atoms with van der Waals surface area (Å²) in [6.07, 6.45) is 8.46. The molecule has 2 heterocycles. The van der Waals surface area contributed by atoms with Crippen LogP contribution in [0, 0.1) is 12.3 Å².